The SMILES string of the molecule is CC(=O)OC[C@@H](OC(C)=O)[C@H](C=CC=C1C(=O)C=CC1(O)CCCCOc1ccccc1)OC(C)=O. The molecule has 1 aromatic rings. The number of esters is 3. The minimum atomic E-state index is -1.45. The van der Waals surface area contributed by atoms with E-state index in [1.807, 2.05) is 30.3 Å². The van der Waals surface area contributed by atoms with Crippen LogP contribution in [0.5, 0.6) is 5.75 Å². The van der Waals surface area contributed by atoms with Gasteiger partial charge in [-0.05, 0) is 49.6 Å². The number of hydrogen-bond acceptors (Lipinski definition) is 9. The highest BCUT2D eigenvalue weighted by molar-refractivity contribution is 6.09. The molecule has 1 aliphatic rings. The number of ether oxygens (including phenoxy) is 4. The van der Waals surface area contributed by atoms with Gasteiger partial charge in [0.15, 0.2) is 18.0 Å². The molecule has 0 saturated heterocycles. The number of ketones is 1. The van der Waals surface area contributed by atoms with Gasteiger partial charge in [0.25, 0.3) is 0 Å². The molecule has 0 bridgehead atoms. The maximum Gasteiger partial charge on any atom is 0.303 e. The first-order valence-electron chi connectivity index (χ1n) is 11.6. The van der Waals surface area contributed by atoms with Gasteiger partial charge < -0.3 is 24.1 Å². The number of para-hydroxylation sites is 1. The number of aliphatic hydroxyl groups is 1. The Labute approximate surface area is 210 Å². The van der Waals surface area contributed by atoms with Gasteiger partial charge in [-0.1, -0.05) is 30.4 Å². The van der Waals surface area contributed by atoms with Crippen LogP contribution >= 0.6 is 0 Å². The second kappa shape index (κ2) is 14.0. The Bertz CT molecular complexity index is 1010. The highest BCUT2D eigenvalue weighted by Gasteiger charge is 2.36. The van der Waals surface area contributed by atoms with E-state index >= 15 is 0 Å². The van der Waals surface area contributed by atoms with Gasteiger partial charge in [0.05, 0.1) is 6.61 Å². The standard InChI is InChI=1S/C27H32O9/c1-19(28)34-18-26(36-21(3)30)25(35-20(2)29)13-9-12-23-24(31)14-16-27(23,32)15-7-8-17-33-22-10-5-4-6-11-22/h4-6,9-14,16,25-26,32H,7-8,15,17-18H2,1-3H3/t25-,26+,27?/m0/s1. The smallest absolute Gasteiger partial charge is 0.303 e. The summed E-state index contributed by atoms with van der Waals surface area (Å²) in [6.45, 7) is 3.69. The highest BCUT2D eigenvalue weighted by atomic mass is 16.6. The lowest BCUT2D eigenvalue weighted by molar-refractivity contribution is -0.169. The Morgan fingerprint density at radius 1 is 1.00 bits per heavy atom. The van der Waals surface area contributed by atoms with Crippen LogP contribution in [0.2, 0.25) is 0 Å². The molecular formula is C27H32O9. The summed E-state index contributed by atoms with van der Waals surface area (Å²) in [6.07, 6.45) is 6.43. The molecule has 1 aliphatic carbocycles. The molecule has 194 valence electrons. The molecule has 0 amide bonds. The van der Waals surface area contributed by atoms with Crippen molar-refractivity contribution >= 4 is 23.7 Å². The van der Waals surface area contributed by atoms with Crippen molar-refractivity contribution in [3.63, 3.8) is 0 Å². The minimum Gasteiger partial charge on any atom is -0.494 e. The summed E-state index contributed by atoms with van der Waals surface area (Å²) in [6, 6.07) is 9.39. The fraction of sp³-hybridized carbons (Fsp3) is 0.407. The fourth-order valence-corrected chi connectivity index (χ4v) is 3.55. The minimum absolute atomic E-state index is 0.160. The van der Waals surface area contributed by atoms with Gasteiger partial charge in [-0.3, -0.25) is 19.2 Å². The topological polar surface area (TPSA) is 125 Å². The van der Waals surface area contributed by atoms with Crippen LogP contribution in [0, 0.1) is 0 Å². The number of allylic oxidation sites excluding steroid dienone is 3. The summed E-state index contributed by atoms with van der Waals surface area (Å²) in [5, 5.41) is 11.1. The average molecular weight is 501 g/mol. The molecule has 0 saturated carbocycles. The monoisotopic (exact) mass is 500 g/mol. The highest BCUT2D eigenvalue weighted by Crippen LogP contribution is 2.31. The summed E-state index contributed by atoms with van der Waals surface area (Å²) >= 11 is 0. The van der Waals surface area contributed by atoms with E-state index in [1.54, 1.807) is 0 Å². The van der Waals surface area contributed by atoms with Crippen molar-refractivity contribution in [2.75, 3.05) is 13.2 Å². The number of rotatable bonds is 13. The van der Waals surface area contributed by atoms with Crippen LogP contribution in [0.25, 0.3) is 0 Å². The van der Waals surface area contributed by atoms with Gasteiger partial charge in [0.2, 0.25) is 0 Å². The number of carbonyl (C=O) groups excluding carboxylic acids is 4. The quantitative estimate of drug-likeness (QED) is 0.188. The van der Waals surface area contributed by atoms with Crippen LogP contribution < -0.4 is 4.74 Å². The summed E-state index contributed by atoms with van der Waals surface area (Å²) < 4.78 is 20.9. The maximum absolute atomic E-state index is 12.4. The molecule has 1 aromatic carbocycles. The number of hydrogen-bond donors (Lipinski definition) is 1. The van der Waals surface area contributed by atoms with Crippen LogP contribution in [-0.4, -0.2) is 59.8 Å². The second-order valence-electron chi connectivity index (χ2n) is 8.23. The van der Waals surface area contributed by atoms with E-state index in [1.165, 1.54) is 51.2 Å². The van der Waals surface area contributed by atoms with Gasteiger partial charge in [0, 0.05) is 26.3 Å². The predicted molar refractivity (Wildman–Crippen MR) is 130 cm³/mol. The Hall–Kier alpha value is -3.72. The van der Waals surface area contributed by atoms with E-state index in [4.69, 9.17) is 18.9 Å². The number of benzene rings is 1. The Morgan fingerprint density at radius 2 is 1.69 bits per heavy atom. The first kappa shape index (κ1) is 28.5. The summed E-state index contributed by atoms with van der Waals surface area (Å²) in [5.41, 5.74) is -1.29. The third-order valence-electron chi connectivity index (χ3n) is 5.21. The van der Waals surface area contributed by atoms with Crippen molar-refractivity contribution < 1.29 is 43.2 Å². The second-order valence-corrected chi connectivity index (χ2v) is 8.23. The van der Waals surface area contributed by atoms with Crippen LogP contribution in [0.3, 0.4) is 0 Å². The van der Waals surface area contributed by atoms with E-state index in [-0.39, 0.29) is 18.0 Å². The Morgan fingerprint density at radius 3 is 2.33 bits per heavy atom. The third kappa shape index (κ3) is 9.50. The zero-order valence-corrected chi connectivity index (χ0v) is 20.7. The van der Waals surface area contributed by atoms with E-state index in [0.29, 0.717) is 25.9 Å². The van der Waals surface area contributed by atoms with Crippen LogP contribution in [-0.2, 0) is 33.4 Å². The lowest BCUT2D eigenvalue weighted by Gasteiger charge is -2.24. The zero-order chi connectivity index (χ0) is 26.6. The van der Waals surface area contributed by atoms with Crippen molar-refractivity contribution in [2.24, 2.45) is 0 Å². The molecule has 0 radical (unpaired) electrons. The Balaban J connectivity index is 2.05. The molecule has 9 heteroatoms. The third-order valence-corrected chi connectivity index (χ3v) is 5.21. The first-order chi connectivity index (χ1) is 17.1. The van der Waals surface area contributed by atoms with Crippen molar-refractivity contribution in [3.05, 3.63) is 66.3 Å². The van der Waals surface area contributed by atoms with E-state index in [9.17, 15) is 24.3 Å². The molecule has 36 heavy (non-hydrogen) atoms. The largest absolute Gasteiger partial charge is 0.494 e. The van der Waals surface area contributed by atoms with Gasteiger partial charge in [-0.25, -0.2) is 0 Å². The molecule has 0 spiro atoms. The lowest BCUT2D eigenvalue weighted by Crippen LogP contribution is -2.37. The fourth-order valence-electron chi connectivity index (χ4n) is 3.55. The molecule has 0 fully saturated rings. The van der Waals surface area contributed by atoms with E-state index < -0.39 is 35.7 Å². The first-order valence-corrected chi connectivity index (χ1v) is 11.6. The number of unbranched alkanes of at least 4 members (excludes halogenated alkanes) is 1. The van der Waals surface area contributed by atoms with Gasteiger partial charge in [-0.2, -0.15) is 0 Å². The molecule has 9 nitrogen and oxygen atoms in total. The molecule has 0 heterocycles. The number of carbonyl (C=O) groups is 4. The molecule has 0 aromatic heterocycles. The van der Waals surface area contributed by atoms with E-state index in [0.717, 1.165) is 5.75 Å². The Kier molecular flexibility index (Phi) is 11.1. The molecule has 1 N–H and O–H groups in total. The molecular weight excluding hydrogens is 468 g/mol. The normalized spacial score (nSPS) is 19.8. The van der Waals surface area contributed by atoms with Crippen molar-refractivity contribution in [1.29, 1.82) is 0 Å². The van der Waals surface area contributed by atoms with Crippen molar-refractivity contribution in [1.82, 2.24) is 0 Å². The summed E-state index contributed by atoms with van der Waals surface area (Å²) in [4.78, 5) is 46.7. The molecule has 0 aliphatic heterocycles. The molecule has 1 unspecified atom stereocenters. The summed E-state index contributed by atoms with van der Waals surface area (Å²) in [5.74, 6) is -1.48. The van der Waals surface area contributed by atoms with Gasteiger partial charge >= 0.3 is 17.9 Å². The van der Waals surface area contributed by atoms with Crippen molar-refractivity contribution in [2.45, 2.75) is 57.8 Å². The summed E-state index contributed by atoms with van der Waals surface area (Å²) in [7, 11) is 0. The van der Waals surface area contributed by atoms with Crippen molar-refractivity contribution in [3.8, 4) is 5.75 Å². The maximum atomic E-state index is 12.4. The van der Waals surface area contributed by atoms with Gasteiger partial charge in [0.1, 0.15) is 18.0 Å². The van der Waals surface area contributed by atoms with Crippen LogP contribution in [0.1, 0.15) is 40.0 Å². The average Bonchev–Trinajstić information content (AvgIpc) is 3.09. The zero-order valence-electron chi connectivity index (χ0n) is 20.7. The van der Waals surface area contributed by atoms with Crippen LogP contribution in [0.15, 0.2) is 66.3 Å². The van der Waals surface area contributed by atoms with Gasteiger partial charge in [-0.15, -0.1) is 0 Å². The predicted octanol–water partition coefficient (Wildman–Crippen LogP) is 3.01. The van der Waals surface area contributed by atoms with E-state index in [2.05, 4.69) is 0 Å². The molecule has 2 rings (SSSR count). The lowest BCUT2D eigenvalue weighted by atomic mass is 9.90. The molecule has 3 atom stereocenters. The van der Waals surface area contributed by atoms with Crippen LogP contribution in [0.4, 0.5) is 0 Å².